The van der Waals surface area contributed by atoms with Gasteiger partial charge in [0.1, 0.15) is 16.4 Å². The lowest BCUT2D eigenvalue weighted by atomic mass is 9.89. The molecule has 1 aliphatic rings. The molecule has 4 aromatic rings. The van der Waals surface area contributed by atoms with E-state index >= 15 is 0 Å². The van der Waals surface area contributed by atoms with Crippen molar-refractivity contribution in [2.24, 2.45) is 0 Å². The van der Waals surface area contributed by atoms with Crippen molar-refractivity contribution in [3.8, 4) is 22.0 Å². The van der Waals surface area contributed by atoms with Gasteiger partial charge in [-0.25, -0.2) is 4.98 Å². The molecule has 2 N–H and O–H groups in total. The van der Waals surface area contributed by atoms with Gasteiger partial charge in [-0.1, -0.05) is 6.07 Å². The van der Waals surface area contributed by atoms with Crippen LogP contribution in [-0.4, -0.2) is 48.6 Å². The third-order valence-electron chi connectivity index (χ3n) is 5.46. The molecular weight excluding hydrogens is 426 g/mol. The molecule has 1 fully saturated rings. The molecule has 0 unspecified atom stereocenters. The summed E-state index contributed by atoms with van der Waals surface area (Å²) in [6.07, 6.45) is 9.19. The number of carbonyl (C=O) groups excluding carboxylic acids is 1. The average Bonchev–Trinajstić information content (AvgIpc) is 3.51. The van der Waals surface area contributed by atoms with Crippen LogP contribution in [0.1, 0.15) is 41.9 Å². The monoisotopic (exact) mass is 449 g/mol. The average molecular weight is 450 g/mol. The van der Waals surface area contributed by atoms with Gasteiger partial charge in [0, 0.05) is 36.1 Å². The van der Waals surface area contributed by atoms with Gasteiger partial charge in [0.2, 0.25) is 0 Å². The molecule has 10 heteroatoms. The SMILES string of the molecule is CCOC1CC(n2cc(NC(=O)c3csc(-c4cn[nH]c4)n3)c(-c3ccc(C)cn3)n2)C1. The molecule has 1 saturated carbocycles. The first-order chi connectivity index (χ1) is 15.6. The van der Waals surface area contributed by atoms with Crippen molar-refractivity contribution in [1.29, 1.82) is 0 Å². The highest BCUT2D eigenvalue weighted by Gasteiger charge is 2.32. The van der Waals surface area contributed by atoms with E-state index in [1.807, 2.05) is 36.9 Å². The van der Waals surface area contributed by atoms with E-state index in [0.717, 1.165) is 29.0 Å². The number of H-pyrrole nitrogens is 1. The highest BCUT2D eigenvalue weighted by atomic mass is 32.1. The Bertz CT molecular complexity index is 1210. The molecule has 9 nitrogen and oxygen atoms in total. The van der Waals surface area contributed by atoms with Gasteiger partial charge in [-0.2, -0.15) is 10.2 Å². The summed E-state index contributed by atoms with van der Waals surface area (Å²) in [5, 5.41) is 16.9. The van der Waals surface area contributed by atoms with E-state index in [-0.39, 0.29) is 18.1 Å². The van der Waals surface area contributed by atoms with Gasteiger partial charge in [-0.05, 0) is 38.3 Å². The Balaban J connectivity index is 1.40. The first-order valence-electron chi connectivity index (χ1n) is 10.5. The molecule has 1 aliphatic carbocycles. The van der Waals surface area contributed by atoms with Crippen molar-refractivity contribution in [3.63, 3.8) is 0 Å². The first-order valence-corrected chi connectivity index (χ1v) is 11.4. The summed E-state index contributed by atoms with van der Waals surface area (Å²) in [4.78, 5) is 21.9. The Morgan fingerprint density at radius 2 is 2.22 bits per heavy atom. The van der Waals surface area contributed by atoms with Crippen LogP contribution in [0.2, 0.25) is 0 Å². The number of hydrogen-bond acceptors (Lipinski definition) is 7. The van der Waals surface area contributed by atoms with Crippen LogP contribution in [0.15, 0.2) is 42.3 Å². The fraction of sp³-hybridized carbons (Fsp3) is 0.318. The smallest absolute Gasteiger partial charge is 0.275 e. The Kier molecular flexibility index (Phi) is 5.54. The Hall–Kier alpha value is -3.37. The van der Waals surface area contributed by atoms with Crippen LogP contribution in [0.4, 0.5) is 5.69 Å². The topological polar surface area (TPSA) is 111 Å². The lowest BCUT2D eigenvalue weighted by Crippen LogP contribution is -2.33. The van der Waals surface area contributed by atoms with Gasteiger partial charge in [-0.15, -0.1) is 11.3 Å². The zero-order valence-electron chi connectivity index (χ0n) is 17.8. The Morgan fingerprint density at radius 1 is 1.34 bits per heavy atom. The molecule has 0 aromatic carbocycles. The molecule has 0 spiro atoms. The molecule has 0 aliphatic heterocycles. The predicted molar refractivity (Wildman–Crippen MR) is 122 cm³/mol. The number of rotatable bonds is 7. The van der Waals surface area contributed by atoms with Crippen LogP contribution < -0.4 is 5.32 Å². The number of hydrogen-bond donors (Lipinski definition) is 2. The molecule has 1 amide bonds. The summed E-state index contributed by atoms with van der Waals surface area (Å²) >= 11 is 1.40. The number of nitrogens with zero attached hydrogens (tertiary/aromatic N) is 5. The van der Waals surface area contributed by atoms with Crippen molar-refractivity contribution >= 4 is 22.9 Å². The highest BCUT2D eigenvalue weighted by molar-refractivity contribution is 7.13. The third-order valence-corrected chi connectivity index (χ3v) is 6.35. The van der Waals surface area contributed by atoms with Crippen LogP contribution in [0.5, 0.6) is 0 Å². The maximum absolute atomic E-state index is 13.0. The van der Waals surface area contributed by atoms with E-state index in [1.165, 1.54) is 11.3 Å². The molecule has 32 heavy (non-hydrogen) atoms. The van der Waals surface area contributed by atoms with Crippen LogP contribution in [0.3, 0.4) is 0 Å². The maximum Gasteiger partial charge on any atom is 0.275 e. The van der Waals surface area contributed by atoms with E-state index in [1.54, 1.807) is 24.0 Å². The molecule has 164 valence electrons. The van der Waals surface area contributed by atoms with Gasteiger partial charge in [0.25, 0.3) is 5.91 Å². The fourth-order valence-electron chi connectivity index (χ4n) is 3.66. The molecule has 5 rings (SSSR count). The van der Waals surface area contributed by atoms with Crippen molar-refractivity contribution in [3.05, 3.63) is 53.6 Å². The van der Waals surface area contributed by atoms with Crippen LogP contribution >= 0.6 is 11.3 Å². The third kappa shape index (κ3) is 4.06. The van der Waals surface area contributed by atoms with Gasteiger partial charge in [0.05, 0.1) is 29.7 Å². The number of aromatic amines is 1. The molecule has 0 atom stereocenters. The fourth-order valence-corrected chi connectivity index (χ4v) is 4.44. The van der Waals surface area contributed by atoms with Crippen LogP contribution in [0, 0.1) is 6.92 Å². The minimum absolute atomic E-state index is 0.244. The van der Waals surface area contributed by atoms with Gasteiger partial charge in [-0.3, -0.25) is 19.6 Å². The zero-order chi connectivity index (χ0) is 22.1. The largest absolute Gasteiger partial charge is 0.378 e. The summed E-state index contributed by atoms with van der Waals surface area (Å²) in [5.41, 5.74) is 4.23. The van der Waals surface area contributed by atoms with E-state index in [0.29, 0.717) is 29.4 Å². The van der Waals surface area contributed by atoms with Crippen molar-refractivity contribution in [1.82, 2.24) is 29.9 Å². The van der Waals surface area contributed by atoms with Crippen molar-refractivity contribution < 1.29 is 9.53 Å². The summed E-state index contributed by atoms with van der Waals surface area (Å²) in [6.45, 7) is 4.71. The van der Waals surface area contributed by atoms with E-state index in [4.69, 9.17) is 9.84 Å². The summed E-state index contributed by atoms with van der Waals surface area (Å²) in [6, 6.07) is 4.15. The number of pyridine rings is 1. The Morgan fingerprint density at radius 3 is 2.94 bits per heavy atom. The number of ether oxygens (including phenoxy) is 1. The normalized spacial score (nSPS) is 17.8. The number of anilines is 1. The number of aryl methyl sites for hydroxylation is 1. The molecule has 0 saturated heterocycles. The predicted octanol–water partition coefficient (Wildman–Crippen LogP) is 4.09. The minimum Gasteiger partial charge on any atom is -0.378 e. The number of nitrogens with one attached hydrogen (secondary N) is 2. The lowest BCUT2D eigenvalue weighted by molar-refractivity contribution is -0.0226. The zero-order valence-corrected chi connectivity index (χ0v) is 18.6. The summed E-state index contributed by atoms with van der Waals surface area (Å²) < 4.78 is 7.60. The van der Waals surface area contributed by atoms with E-state index < -0.39 is 0 Å². The van der Waals surface area contributed by atoms with Crippen molar-refractivity contribution in [2.45, 2.75) is 38.8 Å². The Labute approximate surface area is 188 Å². The van der Waals surface area contributed by atoms with Gasteiger partial charge >= 0.3 is 0 Å². The number of thiazole rings is 1. The van der Waals surface area contributed by atoms with Crippen LogP contribution in [0.25, 0.3) is 22.0 Å². The standard InChI is InChI=1S/C22H23N7O2S/c1-3-31-16-6-15(7-16)29-11-18(20(28-29)17-5-4-13(2)8-23-17)26-21(30)19-12-32-22(27-19)14-9-24-25-10-14/h4-5,8-12,15-16H,3,6-7H2,1-2H3,(H,24,25)(H,26,30). The highest BCUT2D eigenvalue weighted by Crippen LogP contribution is 2.37. The quantitative estimate of drug-likeness (QED) is 0.440. The van der Waals surface area contributed by atoms with Crippen LogP contribution in [-0.2, 0) is 4.74 Å². The second-order valence-electron chi connectivity index (χ2n) is 7.77. The molecular formula is C22H23N7O2S. The first kappa shape index (κ1) is 20.5. The summed E-state index contributed by atoms with van der Waals surface area (Å²) in [5.74, 6) is -0.287. The second kappa shape index (κ2) is 8.64. The van der Waals surface area contributed by atoms with Crippen molar-refractivity contribution in [2.75, 3.05) is 11.9 Å². The number of carbonyl (C=O) groups is 1. The van der Waals surface area contributed by atoms with E-state index in [9.17, 15) is 4.79 Å². The van der Waals surface area contributed by atoms with Gasteiger partial charge < -0.3 is 10.1 Å². The lowest BCUT2D eigenvalue weighted by Gasteiger charge is -2.34. The minimum atomic E-state index is -0.287. The molecule has 4 heterocycles. The van der Waals surface area contributed by atoms with E-state index in [2.05, 4.69) is 25.5 Å². The number of amides is 1. The summed E-state index contributed by atoms with van der Waals surface area (Å²) in [7, 11) is 0. The molecule has 0 radical (unpaired) electrons. The number of aromatic nitrogens is 6. The second-order valence-corrected chi connectivity index (χ2v) is 8.63. The molecule has 4 aromatic heterocycles. The molecule has 0 bridgehead atoms. The maximum atomic E-state index is 13.0. The van der Waals surface area contributed by atoms with Gasteiger partial charge in [0.15, 0.2) is 0 Å².